The minimum absolute atomic E-state index is 0.192. The van der Waals surface area contributed by atoms with Crippen molar-refractivity contribution >= 4 is 11.5 Å². The zero-order valence-electron chi connectivity index (χ0n) is 18.7. The van der Waals surface area contributed by atoms with Crippen LogP contribution in [0, 0.1) is 52.7 Å². The van der Waals surface area contributed by atoms with Crippen LogP contribution in [0.3, 0.4) is 0 Å². The van der Waals surface area contributed by atoms with Gasteiger partial charge in [-0.1, -0.05) is 20.3 Å². The minimum Gasteiger partial charge on any atom is -0.378 e. The van der Waals surface area contributed by atoms with Crippen LogP contribution in [0.1, 0.15) is 71.6 Å². The number of nitrogens with one attached hydrogen (secondary N) is 1. The van der Waals surface area contributed by atoms with Crippen LogP contribution in [0.2, 0.25) is 0 Å². The van der Waals surface area contributed by atoms with Crippen LogP contribution in [0.4, 0.5) is 10.1 Å². The van der Waals surface area contributed by atoms with Crippen molar-refractivity contribution in [1.82, 2.24) is 0 Å². The second-order valence-corrected chi connectivity index (χ2v) is 11.4. The van der Waals surface area contributed by atoms with Crippen molar-refractivity contribution in [1.29, 1.82) is 0 Å². The number of benzene rings is 1. The molecule has 0 bridgehead atoms. The van der Waals surface area contributed by atoms with E-state index in [2.05, 4.69) is 19.2 Å². The Morgan fingerprint density at radius 1 is 1.00 bits per heavy atom. The van der Waals surface area contributed by atoms with Crippen molar-refractivity contribution < 1.29 is 9.18 Å². The summed E-state index contributed by atoms with van der Waals surface area (Å²) in [5, 5.41) is 3.24. The van der Waals surface area contributed by atoms with E-state index in [1.165, 1.54) is 63.5 Å². The summed E-state index contributed by atoms with van der Waals surface area (Å²) >= 11 is 0. The molecule has 30 heavy (non-hydrogen) atoms. The van der Waals surface area contributed by atoms with Crippen LogP contribution < -0.4 is 5.32 Å². The van der Waals surface area contributed by atoms with Gasteiger partial charge < -0.3 is 5.32 Å². The van der Waals surface area contributed by atoms with Gasteiger partial charge in [-0.05, 0) is 117 Å². The molecule has 0 spiro atoms. The van der Waals surface area contributed by atoms with Gasteiger partial charge in [-0.25, -0.2) is 4.39 Å². The number of ketones is 1. The van der Waals surface area contributed by atoms with E-state index in [1.54, 1.807) is 12.1 Å². The van der Waals surface area contributed by atoms with E-state index < -0.39 is 0 Å². The van der Waals surface area contributed by atoms with Crippen LogP contribution in [-0.2, 0) is 4.79 Å². The Kier molecular flexibility index (Phi) is 5.44. The average Bonchev–Trinajstić information content (AvgIpc) is 3.10. The number of anilines is 1. The molecule has 3 heteroatoms. The molecule has 4 unspecified atom stereocenters. The molecule has 1 N–H and O–H groups in total. The highest BCUT2D eigenvalue weighted by Crippen LogP contribution is 2.64. The number of carbonyl (C=O) groups is 1. The van der Waals surface area contributed by atoms with Crippen LogP contribution in [-0.4, -0.2) is 12.3 Å². The molecule has 0 radical (unpaired) electrons. The van der Waals surface area contributed by atoms with Gasteiger partial charge in [0.25, 0.3) is 0 Å². The zero-order valence-corrected chi connectivity index (χ0v) is 18.7. The summed E-state index contributed by atoms with van der Waals surface area (Å²) in [6, 6.07) is 6.33. The maximum atomic E-state index is 13.2. The molecule has 0 heterocycles. The van der Waals surface area contributed by atoms with Gasteiger partial charge in [-0.15, -0.1) is 0 Å². The molecule has 1 aromatic rings. The van der Waals surface area contributed by atoms with Gasteiger partial charge in [0.2, 0.25) is 0 Å². The molecule has 4 aliphatic carbocycles. The monoisotopic (exact) mass is 411 g/mol. The third kappa shape index (κ3) is 3.50. The zero-order chi connectivity index (χ0) is 20.9. The molecule has 0 aliphatic heterocycles. The van der Waals surface area contributed by atoms with E-state index in [9.17, 15) is 9.18 Å². The number of hydrogen-bond donors (Lipinski definition) is 1. The van der Waals surface area contributed by atoms with E-state index >= 15 is 0 Å². The number of fused-ring (bicyclic) bond motifs is 5. The first kappa shape index (κ1) is 20.5. The van der Waals surface area contributed by atoms with Gasteiger partial charge in [0.05, 0.1) is 6.54 Å². The van der Waals surface area contributed by atoms with Crippen molar-refractivity contribution in [2.75, 3.05) is 11.9 Å². The SMILES string of the molecule is CC1CC[C@@H]2C3CC[C@@]4(C)C(CC[C@@H]4C(=O)CNc4ccc(F)cc4)C3CC[C@@H]2C1. The minimum atomic E-state index is -0.239. The Morgan fingerprint density at radius 3 is 2.57 bits per heavy atom. The van der Waals surface area contributed by atoms with Crippen molar-refractivity contribution in [3.8, 4) is 0 Å². The van der Waals surface area contributed by atoms with Gasteiger partial charge in [-0.2, -0.15) is 0 Å². The first-order valence-corrected chi connectivity index (χ1v) is 12.5. The van der Waals surface area contributed by atoms with Crippen LogP contribution >= 0.6 is 0 Å². The highest BCUT2D eigenvalue weighted by Gasteiger charge is 2.58. The Morgan fingerprint density at radius 2 is 1.77 bits per heavy atom. The Bertz CT molecular complexity index is 776. The lowest BCUT2D eigenvalue weighted by atomic mass is 9.49. The van der Waals surface area contributed by atoms with Gasteiger partial charge in [-0.3, -0.25) is 4.79 Å². The van der Waals surface area contributed by atoms with Crippen molar-refractivity contribution in [2.45, 2.75) is 71.6 Å². The predicted molar refractivity (Wildman–Crippen MR) is 120 cm³/mol. The van der Waals surface area contributed by atoms with Gasteiger partial charge in [0, 0.05) is 11.6 Å². The third-order valence-electron chi connectivity index (χ3n) is 9.92. The van der Waals surface area contributed by atoms with E-state index in [0.29, 0.717) is 12.3 Å². The molecule has 4 aliphatic rings. The summed E-state index contributed by atoms with van der Waals surface area (Å²) in [5.74, 6) is 5.75. The Balaban J connectivity index is 1.26. The molecule has 0 saturated heterocycles. The van der Waals surface area contributed by atoms with Gasteiger partial charge in [0.15, 0.2) is 5.78 Å². The Hall–Kier alpha value is -1.38. The summed E-state index contributed by atoms with van der Waals surface area (Å²) in [6.07, 6.45) is 12.1. The summed E-state index contributed by atoms with van der Waals surface area (Å²) in [7, 11) is 0. The number of halogens is 1. The molecule has 0 amide bonds. The summed E-state index contributed by atoms with van der Waals surface area (Å²) in [6.45, 7) is 5.26. The summed E-state index contributed by atoms with van der Waals surface area (Å²) in [4.78, 5) is 13.2. The number of Topliss-reactive ketones (excluding diaryl/α,β-unsaturated/α-hetero) is 1. The highest BCUT2D eigenvalue weighted by molar-refractivity contribution is 5.86. The van der Waals surface area contributed by atoms with Crippen LogP contribution in [0.25, 0.3) is 0 Å². The summed E-state index contributed by atoms with van der Waals surface area (Å²) in [5.41, 5.74) is 1.02. The molecule has 2 nitrogen and oxygen atoms in total. The second-order valence-electron chi connectivity index (χ2n) is 11.4. The average molecular weight is 412 g/mol. The van der Waals surface area contributed by atoms with Crippen LogP contribution in [0.15, 0.2) is 24.3 Å². The normalized spacial score (nSPS) is 42.7. The maximum Gasteiger partial charge on any atom is 0.155 e. The molecule has 1 aromatic carbocycles. The fourth-order valence-corrected chi connectivity index (χ4v) is 8.50. The number of hydrogen-bond acceptors (Lipinski definition) is 2. The van der Waals surface area contributed by atoms with Gasteiger partial charge >= 0.3 is 0 Å². The molecule has 164 valence electrons. The fourth-order valence-electron chi connectivity index (χ4n) is 8.50. The highest BCUT2D eigenvalue weighted by atomic mass is 19.1. The van der Waals surface area contributed by atoms with E-state index in [1.807, 2.05) is 0 Å². The lowest BCUT2D eigenvalue weighted by Crippen LogP contribution is -2.49. The lowest BCUT2D eigenvalue weighted by molar-refractivity contribution is -0.128. The van der Waals surface area contributed by atoms with E-state index in [-0.39, 0.29) is 17.2 Å². The first-order valence-electron chi connectivity index (χ1n) is 12.5. The predicted octanol–water partition coefficient (Wildman–Crippen LogP) is 6.71. The molecule has 8 atom stereocenters. The molecule has 5 rings (SSSR count). The first-order chi connectivity index (χ1) is 14.5. The number of rotatable bonds is 4. The second kappa shape index (κ2) is 7.95. The molecule has 0 aromatic heterocycles. The number of carbonyl (C=O) groups excluding carboxylic acids is 1. The molecular weight excluding hydrogens is 373 g/mol. The standard InChI is InChI=1S/C27H38FNO/c1-17-3-9-21-18(15-17)4-10-23-22(21)13-14-27(2)24(23)11-12-25(27)26(30)16-29-20-7-5-19(28)6-8-20/h5-8,17-18,21-25,29H,3-4,9-16H2,1-2H3/t17?,18-,21+,22?,23?,24?,25-,27+/m1/s1. The lowest BCUT2D eigenvalue weighted by Gasteiger charge is -2.56. The Labute approximate surface area is 181 Å². The molecule has 4 saturated carbocycles. The van der Waals surface area contributed by atoms with E-state index in [4.69, 9.17) is 0 Å². The summed E-state index contributed by atoms with van der Waals surface area (Å²) < 4.78 is 13.1. The van der Waals surface area contributed by atoms with Crippen LogP contribution in [0.5, 0.6) is 0 Å². The largest absolute Gasteiger partial charge is 0.378 e. The van der Waals surface area contributed by atoms with Crippen molar-refractivity contribution in [2.24, 2.45) is 46.8 Å². The molecule has 4 fully saturated rings. The van der Waals surface area contributed by atoms with Crippen molar-refractivity contribution in [3.63, 3.8) is 0 Å². The topological polar surface area (TPSA) is 29.1 Å². The van der Waals surface area contributed by atoms with E-state index in [0.717, 1.165) is 47.6 Å². The maximum absolute atomic E-state index is 13.2. The smallest absolute Gasteiger partial charge is 0.155 e. The molecular formula is C27H38FNO. The quantitative estimate of drug-likeness (QED) is 0.596. The van der Waals surface area contributed by atoms with Gasteiger partial charge in [0.1, 0.15) is 5.82 Å². The third-order valence-corrected chi connectivity index (χ3v) is 9.92. The van der Waals surface area contributed by atoms with Crippen molar-refractivity contribution in [3.05, 3.63) is 30.1 Å². The fraction of sp³-hybridized carbons (Fsp3) is 0.741.